The van der Waals surface area contributed by atoms with Crippen LogP contribution < -0.4 is 49.9 Å². The highest BCUT2D eigenvalue weighted by molar-refractivity contribution is 8.26. The molecule has 29 nitrogen and oxygen atoms in total. The number of carbonyl (C=O) groups is 4. The maximum atomic E-state index is 12.6. The molecule has 0 fully saturated rings. The number of hydrogen-bond donors (Lipinski definition) is 10. The number of alkyl halides is 1. The molecule has 16 aromatic rings. The molecule has 0 saturated carbocycles. The van der Waals surface area contributed by atoms with Crippen molar-refractivity contribution in [3.63, 3.8) is 0 Å². The van der Waals surface area contributed by atoms with Crippen molar-refractivity contribution in [2.45, 2.75) is 97.7 Å². The molecule has 0 radical (unpaired) electrons. The number of methoxy groups -OCH3 is 1. The lowest BCUT2D eigenvalue weighted by Gasteiger charge is -2.30. The second-order valence-electron chi connectivity index (χ2n) is 30.1. The van der Waals surface area contributed by atoms with Gasteiger partial charge in [0.25, 0.3) is 0 Å². The Labute approximate surface area is 804 Å². The number of nitrogens with two attached hydrogens (primary N) is 2. The number of carbonyl (C=O) groups excluding carboxylic acids is 2. The van der Waals surface area contributed by atoms with Gasteiger partial charge in [-0.1, -0.05) is 238 Å². The molecule has 0 aliphatic carbocycles. The van der Waals surface area contributed by atoms with E-state index in [1.807, 2.05) is 231 Å². The zero-order chi connectivity index (χ0) is 96.3. The van der Waals surface area contributed by atoms with Crippen LogP contribution in [0.5, 0.6) is 46.0 Å². The lowest BCUT2D eigenvalue weighted by atomic mass is 9.90. The number of ether oxygens (including phenoxy) is 8. The molecule has 12 aromatic carbocycles. The molecular formula is C102H99Cl4N9O20S. The second-order valence-corrected chi connectivity index (χ2v) is 33.3. The zero-order valence-electron chi connectivity index (χ0n) is 73.0. The molecule has 18 rings (SSSR count). The molecule has 2 aliphatic rings. The Kier molecular flexibility index (Phi) is 39.6. The van der Waals surface area contributed by atoms with Gasteiger partial charge in [0.15, 0.2) is 23.0 Å². The molecule has 0 amide bonds. The second kappa shape index (κ2) is 52.1. The van der Waals surface area contributed by atoms with Crippen LogP contribution in [0.1, 0.15) is 80.4 Å². The van der Waals surface area contributed by atoms with Crippen LogP contribution in [0.3, 0.4) is 0 Å². The predicted molar refractivity (Wildman–Crippen MR) is 528 cm³/mol. The summed E-state index contributed by atoms with van der Waals surface area (Å²) in [6.07, 6.45) is 6.59. The number of nitrogens with one attached hydrogen (secondary N) is 5. The Morgan fingerprint density at radius 2 is 0.882 bits per heavy atom. The normalized spacial score (nSPS) is 12.7. The molecule has 136 heavy (non-hydrogen) atoms. The van der Waals surface area contributed by atoms with Crippen LogP contribution in [0.2, 0.25) is 0 Å². The predicted octanol–water partition coefficient (Wildman–Crippen LogP) is 21.2. The number of carboxylic acids is 2. The number of carboxylic acid groups (broad SMARTS) is 2. The summed E-state index contributed by atoms with van der Waals surface area (Å²) >= 11 is 9.55. The van der Waals surface area contributed by atoms with Crippen LogP contribution in [0.15, 0.2) is 304 Å². The van der Waals surface area contributed by atoms with Crippen LogP contribution in [0.25, 0.3) is 43.6 Å². The molecule has 0 spiro atoms. The van der Waals surface area contributed by atoms with Gasteiger partial charge in [0.2, 0.25) is 21.3 Å². The number of phenolic OH excluding ortho intramolecular Hbond substituents is 1. The average molecular weight is 1940 g/mol. The van der Waals surface area contributed by atoms with Crippen LogP contribution in [0, 0.1) is 34.1 Å². The Hall–Kier alpha value is -14.7. The van der Waals surface area contributed by atoms with E-state index in [0.717, 1.165) is 117 Å². The third kappa shape index (κ3) is 29.6. The van der Waals surface area contributed by atoms with Gasteiger partial charge >= 0.3 is 29.3 Å². The molecule has 2 unspecified atom stereocenters. The number of hydrogen-bond acceptors (Lipinski definition) is 21. The van der Waals surface area contributed by atoms with Crippen LogP contribution in [0.4, 0.5) is 11.4 Å². The van der Waals surface area contributed by atoms with Crippen LogP contribution in [-0.2, 0) is 85.4 Å². The summed E-state index contributed by atoms with van der Waals surface area (Å²) in [5, 5.41) is 55.3. The molecular weight excluding hydrogens is 1850 g/mol. The minimum Gasteiger partial charge on any atom is -0.502 e. The maximum Gasteiger partial charge on any atom is 0.323 e. The number of esters is 1. The lowest BCUT2D eigenvalue weighted by molar-refractivity contribution is -0.386. The molecule has 4 aromatic heterocycles. The van der Waals surface area contributed by atoms with Crippen molar-refractivity contribution in [1.29, 1.82) is 0 Å². The molecule has 12 N–H and O–H groups in total. The fraction of sp³-hybridized carbons (Fsp3) is 0.176. The van der Waals surface area contributed by atoms with E-state index in [4.69, 9.17) is 92.1 Å². The van der Waals surface area contributed by atoms with Gasteiger partial charge in [-0.3, -0.25) is 44.7 Å². The lowest BCUT2D eigenvalue weighted by Crippen LogP contribution is -2.45. The van der Waals surface area contributed by atoms with Crippen LogP contribution >= 0.6 is 44.6 Å². The largest absolute Gasteiger partial charge is 0.502 e. The van der Waals surface area contributed by atoms with E-state index in [1.54, 1.807) is 56.6 Å². The number of aromatic hydroxyl groups is 1. The summed E-state index contributed by atoms with van der Waals surface area (Å²) in [6, 6.07) is 88.1. The minimum atomic E-state index is -1.67. The topological polar surface area (TPSA) is 433 Å². The van der Waals surface area contributed by atoms with Gasteiger partial charge in [0.1, 0.15) is 74.2 Å². The quantitative estimate of drug-likeness (QED) is 0.00791. The van der Waals surface area contributed by atoms with Gasteiger partial charge < -0.3 is 84.6 Å². The van der Waals surface area contributed by atoms with E-state index >= 15 is 0 Å². The fourth-order valence-corrected chi connectivity index (χ4v) is 14.4. The van der Waals surface area contributed by atoms with Crippen molar-refractivity contribution >= 4 is 132 Å². The summed E-state index contributed by atoms with van der Waals surface area (Å²) in [7, 11) is 8.77. The average Bonchev–Trinajstić information content (AvgIpc) is 1.59. The van der Waals surface area contributed by atoms with Crippen LogP contribution in [-0.4, -0.2) is 110 Å². The standard InChI is InChI=1S/C27H24N2O5.2C18H18N2O3.C15H13NO.C14H13NO3.C7H7NO3.C2H2Cl2O.CH4.Cl2OS/c1-31-27(30)20-13-19-18-8-5-9-22(32-14-16-6-3-2-4-7-16)25(18)29-26(19)24(28-20)17-10-11-21-23(12-17)34-15-33-21;2*19-15(18(21)22)9-13-10-20-17-14(13)7-4-8-16(17)23-11-12-5-2-1-3-6-12;1-2-5-12(6-3-1)11-17-14-8-4-7-13-9-10-16-15(13)14;1-11-6-5-9-13(14(11)15(16)17)18-10-12-7-3-2-4-8-12;1-5-3-2-4-6(9)7(5)8(10)11;3-1-2(4)5;;1-4(2)3/h2-12,20,24,28-29H,13-15H2,1H3;2*1-8,10,15,20H,9,11,19H2,(H,21,22);1-10,16H,11H2;2-9H,10H2,1H3;2-4,9H,1H3;1H2;1H4;/t20-,24-;;;;;;;;/m1......../s1. The number of nitro groups is 2. The Balaban J connectivity index is 0.000000170. The number of fused-ring (bicyclic) bond motifs is 7. The van der Waals surface area contributed by atoms with E-state index in [-0.39, 0.29) is 62.1 Å². The number of nitro benzene ring substituents is 2. The highest BCUT2D eigenvalue weighted by Gasteiger charge is 2.36. The Morgan fingerprint density at radius 1 is 0.500 bits per heavy atom. The molecule has 4 atom stereocenters. The summed E-state index contributed by atoms with van der Waals surface area (Å²) in [5.74, 6) is 2.20. The summed E-state index contributed by atoms with van der Waals surface area (Å²) in [6.45, 7) is 5.83. The first-order valence-corrected chi connectivity index (χ1v) is 45.5. The number of nitrogens with zero attached hydrogens (tertiary/aromatic N) is 2. The maximum absolute atomic E-state index is 12.6. The molecule has 34 heteroatoms. The van der Waals surface area contributed by atoms with Gasteiger partial charge in [-0.05, 0) is 130 Å². The first-order chi connectivity index (χ1) is 65.2. The fourth-order valence-electron chi connectivity index (χ4n) is 14.4. The number of aromatic nitrogens is 4. The Morgan fingerprint density at radius 3 is 1.29 bits per heavy atom. The minimum absolute atomic E-state index is 0. The van der Waals surface area contributed by atoms with Crippen molar-refractivity contribution in [2.75, 3.05) is 19.8 Å². The van der Waals surface area contributed by atoms with Crippen molar-refractivity contribution in [3.05, 3.63) is 391 Å². The third-order valence-electron chi connectivity index (χ3n) is 20.9. The van der Waals surface area contributed by atoms with E-state index < -0.39 is 54.4 Å². The first kappa shape index (κ1) is 103. The number of aryl methyl sites for hydroxylation is 2. The number of phenols is 1. The SMILES string of the molecule is C.COC(=O)[C@H]1Cc2c([nH]c3c(OCc4ccccc4)cccc23)[C@@H](c2ccc3c(c2)OCO3)N1.Cc1cccc(O)c1[N+](=O)[O-].Cc1cccc(OCc2ccccc2)c1[N+](=O)[O-].NC(Cc1c[nH]c2c(OCc3ccccc3)cccc12)C(=O)O.NC(Cc1c[nH]c2c(OCc3ccccc3)cccc12)C(=O)O.O=C(Cl)CCl.O=S(Cl)Cl.c1ccc(COc2cccc3cc[nH]c23)cc1. The summed E-state index contributed by atoms with van der Waals surface area (Å²) in [5.41, 5.74) is 26.1. The van der Waals surface area contributed by atoms with E-state index in [2.05, 4.69) is 70.9 Å². The van der Waals surface area contributed by atoms with Gasteiger partial charge in [-0.25, -0.2) is 4.21 Å². The highest BCUT2D eigenvalue weighted by atomic mass is 36.0. The molecule has 0 bridgehead atoms. The monoisotopic (exact) mass is 1940 g/mol. The number of rotatable bonds is 26. The summed E-state index contributed by atoms with van der Waals surface area (Å²) in [4.78, 5) is 77.3. The number of aromatic amines is 4. The molecule has 0 saturated heterocycles. The van der Waals surface area contributed by atoms with Gasteiger partial charge in [0.05, 0.1) is 50.9 Å². The van der Waals surface area contributed by atoms with Gasteiger partial charge in [-0.15, -0.1) is 11.6 Å². The van der Waals surface area contributed by atoms with Gasteiger partial charge in [0, 0.05) is 97.6 Å². The Bertz CT molecular complexity index is 6500. The number of benzene rings is 12. The number of halogens is 4. The number of aliphatic carboxylic acids is 2. The van der Waals surface area contributed by atoms with Gasteiger partial charge in [-0.2, -0.15) is 0 Å². The number of H-pyrrole nitrogens is 4. The highest BCUT2D eigenvalue weighted by Crippen LogP contribution is 2.43. The molecule has 6 heterocycles. The van der Waals surface area contributed by atoms with Crippen molar-refractivity contribution in [2.24, 2.45) is 11.5 Å². The van der Waals surface area contributed by atoms with E-state index in [9.17, 15) is 39.4 Å². The van der Waals surface area contributed by atoms with Crippen molar-refractivity contribution < 1.29 is 86.4 Å². The number of para-hydroxylation sites is 6. The van der Waals surface area contributed by atoms with Crippen molar-refractivity contribution in [1.82, 2.24) is 25.3 Å². The molecule has 2 aliphatic heterocycles. The van der Waals surface area contributed by atoms with E-state index in [0.29, 0.717) is 62.1 Å². The van der Waals surface area contributed by atoms with Crippen molar-refractivity contribution in [3.8, 4) is 46.0 Å². The first-order valence-electron chi connectivity index (χ1n) is 41.8. The smallest absolute Gasteiger partial charge is 0.323 e. The third-order valence-corrected chi connectivity index (χ3v) is 21.4. The summed E-state index contributed by atoms with van der Waals surface area (Å²) < 4.78 is 54.6. The zero-order valence-corrected chi connectivity index (χ0v) is 76.8. The van der Waals surface area contributed by atoms with E-state index in [1.165, 1.54) is 24.1 Å². The molecule has 706 valence electrons.